The van der Waals surface area contributed by atoms with E-state index in [2.05, 4.69) is 9.50 Å². The lowest BCUT2D eigenvalue weighted by atomic mass is 10.1. The zero-order chi connectivity index (χ0) is 17.1. The van der Waals surface area contributed by atoms with E-state index in [-0.39, 0.29) is 19.1 Å². The topological polar surface area (TPSA) is 81.7 Å². The summed E-state index contributed by atoms with van der Waals surface area (Å²) in [4.78, 5) is 11.4. The summed E-state index contributed by atoms with van der Waals surface area (Å²) in [6.07, 6.45) is 7.09. The first kappa shape index (κ1) is 21.3. The maximum Gasteiger partial charge on any atom is 0.320 e. The molecule has 0 spiro atoms. The van der Waals surface area contributed by atoms with Crippen LogP contribution in [0.4, 0.5) is 0 Å². The van der Waals surface area contributed by atoms with Gasteiger partial charge in [0.15, 0.2) is 0 Å². The third-order valence-electron chi connectivity index (χ3n) is 2.73. The number of rotatable bonds is 12. The lowest BCUT2D eigenvalue weighted by Gasteiger charge is -2.19. The Morgan fingerprint density at radius 3 is 2.09 bits per heavy atom. The first-order chi connectivity index (χ1) is 10.1. The van der Waals surface area contributed by atoms with Crippen LogP contribution in [0.15, 0.2) is 0 Å². The fourth-order valence-corrected chi connectivity index (χ4v) is 2.26. The zero-order valence-electron chi connectivity index (χ0n) is 14.3. The van der Waals surface area contributed by atoms with Gasteiger partial charge in [-0.15, -0.1) is 0 Å². The van der Waals surface area contributed by atoms with Crippen molar-refractivity contribution in [3.63, 3.8) is 0 Å². The molecule has 0 unspecified atom stereocenters. The van der Waals surface area contributed by atoms with Crippen LogP contribution in [0.1, 0.15) is 59.3 Å². The Morgan fingerprint density at radius 1 is 1.00 bits per heavy atom. The van der Waals surface area contributed by atoms with Crippen LogP contribution >= 0.6 is 0 Å². The Labute approximate surface area is 135 Å². The van der Waals surface area contributed by atoms with Crippen molar-refractivity contribution in [2.75, 3.05) is 26.0 Å². The van der Waals surface area contributed by atoms with Crippen LogP contribution in [0, 0.1) is 0 Å². The normalized spacial score (nSPS) is 12.4. The number of esters is 1. The van der Waals surface area contributed by atoms with E-state index in [9.17, 15) is 13.2 Å². The molecule has 0 bridgehead atoms. The van der Waals surface area contributed by atoms with E-state index < -0.39 is 15.7 Å². The number of hydrogen-bond acceptors (Lipinski definition) is 6. The van der Waals surface area contributed by atoms with Gasteiger partial charge in [-0.2, -0.15) is 8.42 Å². The smallest absolute Gasteiger partial charge is 0.320 e. The average Bonchev–Trinajstić information content (AvgIpc) is 2.32. The quantitative estimate of drug-likeness (QED) is 0.334. The standard InChI is InChI=1S/C15H31NO5S/c1-15(2,3)21-14(17)13-16-11-9-7-5-6-8-10-12-20-22(4,18)19/h16H,5-13H2,1-4H3. The van der Waals surface area contributed by atoms with Gasteiger partial charge in [0.1, 0.15) is 5.60 Å². The van der Waals surface area contributed by atoms with Crippen LogP contribution in [0.25, 0.3) is 0 Å². The summed E-state index contributed by atoms with van der Waals surface area (Å²) in [5, 5.41) is 3.07. The van der Waals surface area contributed by atoms with Crippen molar-refractivity contribution in [1.82, 2.24) is 5.32 Å². The summed E-state index contributed by atoms with van der Waals surface area (Å²) in [5.74, 6) is -0.224. The predicted molar refractivity (Wildman–Crippen MR) is 87.2 cm³/mol. The Kier molecular flexibility index (Phi) is 10.6. The molecule has 0 atom stereocenters. The molecule has 6 nitrogen and oxygen atoms in total. The Hall–Kier alpha value is -0.660. The fourth-order valence-electron chi connectivity index (χ4n) is 1.84. The van der Waals surface area contributed by atoms with Crippen molar-refractivity contribution in [3.05, 3.63) is 0 Å². The summed E-state index contributed by atoms with van der Waals surface area (Å²) < 4.78 is 31.3. The summed E-state index contributed by atoms with van der Waals surface area (Å²) in [6, 6.07) is 0. The molecule has 0 amide bonds. The van der Waals surface area contributed by atoms with E-state index in [1.54, 1.807) is 0 Å². The van der Waals surface area contributed by atoms with Gasteiger partial charge in [-0.3, -0.25) is 8.98 Å². The van der Waals surface area contributed by atoms with Crippen molar-refractivity contribution in [3.8, 4) is 0 Å². The zero-order valence-corrected chi connectivity index (χ0v) is 15.1. The first-order valence-corrected chi connectivity index (χ1v) is 9.69. The van der Waals surface area contributed by atoms with E-state index >= 15 is 0 Å². The van der Waals surface area contributed by atoms with Crippen molar-refractivity contribution in [1.29, 1.82) is 0 Å². The fraction of sp³-hybridized carbons (Fsp3) is 0.933. The minimum absolute atomic E-state index is 0.224. The van der Waals surface area contributed by atoms with Gasteiger partial charge in [-0.25, -0.2) is 0 Å². The first-order valence-electron chi connectivity index (χ1n) is 7.87. The van der Waals surface area contributed by atoms with Gasteiger partial charge in [-0.1, -0.05) is 25.7 Å². The van der Waals surface area contributed by atoms with Gasteiger partial charge in [0.2, 0.25) is 0 Å². The SMILES string of the molecule is CC(C)(C)OC(=O)CNCCCCCCCCOS(C)(=O)=O. The van der Waals surface area contributed by atoms with Crippen LogP contribution in [0.2, 0.25) is 0 Å². The van der Waals surface area contributed by atoms with Gasteiger partial charge < -0.3 is 10.1 Å². The lowest BCUT2D eigenvalue weighted by Crippen LogP contribution is -2.31. The molecule has 0 radical (unpaired) electrons. The molecule has 0 heterocycles. The maximum absolute atomic E-state index is 11.4. The molecule has 22 heavy (non-hydrogen) atoms. The van der Waals surface area contributed by atoms with Crippen LogP contribution in [-0.4, -0.2) is 45.9 Å². The lowest BCUT2D eigenvalue weighted by molar-refractivity contribution is -0.153. The molecule has 7 heteroatoms. The number of unbranched alkanes of at least 4 members (excludes halogenated alkanes) is 5. The van der Waals surface area contributed by atoms with Crippen molar-refractivity contribution in [2.45, 2.75) is 64.9 Å². The van der Waals surface area contributed by atoms with Gasteiger partial charge in [0.25, 0.3) is 10.1 Å². The average molecular weight is 337 g/mol. The van der Waals surface area contributed by atoms with Crippen molar-refractivity contribution < 1.29 is 22.1 Å². The van der Waals surface area contributed by atoms with Crippen molar-refractivity contribution >= 4 is 16.1 Å². The molecule has 0 aromatic rings. The number of hydrogen-bond donors (Lipinski definition) is 1. The second-order valence-electron chi connectivity index (χ2n) is 6.41. The molecule has 0 aromatic carbocycles. The Bertz CT molecular complexity index is 401. The highest BCUT2D eigenvalue weighted by Gasteiger charge is 2.15. The predicted octanol–water partition coefficient (Wildman–Crippen LogP) is 2.23. The van der Waals surface area contributed by atoms with Gasteiger partial charge in [0.05, 0.1) is 19.4 Å². The Morgan fingerprint density at radius 2 is 1.55 bits per heavy atom. The minimum atomic E-state index is -3.30. The molecule has 0 aliphatic carbocycles. The molecular formula is C15H31NO5S. The van der Waals surface area contributed by atoms with E-state index in [1.807, 2.05) is 20.8 Å². The summed E-state index contributed by atoms with van der Waals surface area (Å²) in [7, 11) is -3.30. The molecule has 0 saturated carbocycles. The summed E-state index contributed by atoms with van der Waals surface area (Å²) in [5.41, 5.74) is -0.431. The largest absolute Gasteiger partial charge is 0.459 e. The van der Waals surface area contributed by atoms with Crippen LogP contribution < -0.4 is 5.32 Å². The molecule has 0 aliphatic heterocycles. The van der Waals surface area contributed by atoms with E-state index in [4.69, 9.17) is 4.74 Å². The monoisotopic (exact) mass is 337 g/mol. The molecule has 1 N–H and O–H groups in total. The maximum atomic E-state index is 11.4. The van der Waals surface area contributed by atoms with Gasteiger partial charge in [-0.05, 0) is 40.2 Å². The van der Waals surface area contributed by atoms with E-state index in [1.165, 1.54) is 0 Å². The third-order valence-corrected chi connectivity index (χ3v) is 3.33. The molecule has 0 rings (SSSR count). The molecule has 0 aromatic heterocycles. The number of nitrogens with one attached hydrogen (secondary N) is 1. The molecule has 0 aliphatic rings. The second-order valence-corrected chi connectivity index (χ2v) is 8.05. The van der Waals surface area contributed by atoms with E-state index in [0.29, 0.717) is 0 Å². The van der Waals surface area contributed by atoms with Crippen LogP contribution in [0.3, 0.4) is 0 Å². The number of ether oxygens (including phenoxy) is 1. The molecule has 0 fully saturated rings. The minimum Gasteiger partial charge on any atom is -0.459 e. The highest BCUT2D eigenvalue weighted by atomic mass is 32.2. The molecule has 132 valence electrons. The highest BCUT2D eigenvalue weighted by Crippen LogP contribution is 2.07. The molecule has 0 saturated heterocycles. The van der Waals surface area contributed by atoms with Crippen molar-refractivity contribution in [2.24, 2.45) is 0 Å². The second kappa shape index (κ2) is 11.0. The van der Waals surface area contributed by atoms with E-state index in [0.717, 1.165) is 51.3 Å². The molecular weight excluding hydrogens is 306 g/mol. The number of carbonyl (C=O) groups excluding carboxylic acids is 1. The van der Waals surface area contributed by atoms with Crippen LogP contribution in [-0.2, 0) is 23.8 Å². The van der Waals surface area contributed by atoms with Crippen LogP contribution in [0.5, 0.6) is 0 Å². The highest BCUT2D eigenvalue weighted by molar-refractivity contribution is 7.85. The van der Waals surface area contributed by atoms with Gasteiger partial charge >= 0.3 is 5.97 Å². The summed E-state index contributed by atoms with van der Waals surface area (Å²) >= 11 is 0. The Balaban J connectivity index is 3.29. The third kappa shape index (κ3) is 17.4. The number of carbonyl (C=O) groups is 1. The van der Waals surface area contributed by atoms with Gasteiger partial charge in [0, 0.05) is 0 Å². The summed E-state index contributed by atoms with van der Waals surface area (Å²) in [6.45, 7) is 6.89.